The minimum atomic E-state index is -3.83. The highest BCUT2D eigenvalue weighted by Gasteiger charge is 2.40. The van der Waals surface area contributed by atoms with Crippen molar-refractivity contribution in [3.05, 3.63) is 59.7 Å². The van der Waals surface area contributed by atoms with Crippen LogP contribution in [0.1, 0.15) is 76.3 Å². The van der Waals surface area contributed by atoms with E-state index in [0.29, 0.717) is 30.0 Å². The Morgan fingerprint density at radius 1 is 0.815 bits per heavy atom. The molecule has 2 aliphatic heterocycles. The summed E-state index contributed by atoms with van der Waals surface area (Å²) in [5.74, 6) is 0.789. The van der Waals surface area contributed by atoms with Crippen molar-refractivity contribution in [2.75, 3.05) is 31.5 Å². The van der Waals surface area contributed by atoms with Crippen LogP contribution in [-0.2, 0) is 19.1 Å². The van der Waals surface area contributed by atoms with Gasteiger partial charge in [0.2, 0.25) is 11.9 Å². The maximum atomic E-state index is 12.7. The van der Waals surface area contributed by atoms with Gasteiger partial charge in [-0.2, -0.15) is 20.7 Å². The molecule has 2 aromatic carbocycles. The van der Waals surface area contributed by atoms with Crippen LogP contribution in [0.2, 0.25) is 0 Å². The van der Waals surface area contributed by atoms with E-state index in [9.17, 15) is 16.8 Å². The molecule has 54 heavy (non-hydrogen) atoms. The molecule has 0 saturated heterocycles. The number of halogens is 3. The number of guanidine groups is 2. The molecule has 6 rings (SSSR count). The first-order valence-electron chi connectivity index (χ1n) is 17.3. The van der Waals surface area contributed by atoms with E-state index in [-0.39, 0.29) is 32.1 Å². The molecule has 2 fully saturated rings. The summed E-state index contributed by atoms with van der Waals surface area (Å²) in [7, 11) is -2.50. The Hall–Kier alpha value is -3.93. The average molecular weight is 840 g/mol. The number of hydrogen-bond acceptors (Lipinski definition) is 10. The van der Waals surface area contributed by atoms with E-state index in [2.05, 4.69) is 31.1 Å². The SMILES string of the molecule is CCN=C(N)N1CC2(C=N1)CCCC2.CCN=C(NS(=O)(=O)c1cccc(C#N)c1)N1CC2(C=N1)CCCC2.ClCCl.N#Cc1cccc(S(=O)(=O)Cl)c1. The lowest BCUT2D eigenvalue weighted by Gasteiger charge is -2.23. The summed E-state index contributed by atoms with van der Waals surface area (Å²) in [4.78, 5) is 8.44. The van der Waals surface area contributed by atoms with Crippen LogP contribution in [0.3, 0.4) is 0 Å². The summed E-state index contributed by atoms with van der Waals surface area (Å²) < 4.78 is 49.4. The third-order valence-corrected chi connectivity index (χ3v) is 11.6. The topological polar surface area (TPSA) is 210 Å². The number of nitrogens with zero attached hydrogens (tertiary/aromatic N) is 8. The van der Waals surface area contributed by atoms with Crippen molar-refractivity contribution >= 4 is 77.3 Å². The summed E-state index contributed by atoms with van der Waals surface area (Å²) in [5.41, 5.74) is 6.73. The molecule has 2 aromatic rings. The van der Waals surface area contributed by atoms with Crippen LogP contribution in [0.15, 0.2) is 78.5 Å². The number of nitriles is 2. The van der Waals surface area contributed by atoms with Crippen molar-refractivity contribution in [1.29, 1.82) is 10.5 Å². The van der Waals surface area contributed by atoms with Crippen LogP contribution in [0.4, 0.5) is 0 Å². The Morgan fingerprint density at radius 3 is 1.72 bits per heavy atom. The van der Waals surface area contributed by atoms with Crippen LogP contribution in [-0.4, -0.2) is 82.7 Å². The highest BCUT2D eigenvalue weighted by molar-refractivity contribution is 8.13. The zero-order valence-corrected chi connectivity index (χ0v) is 34.1. The molecular formula is C35H45Cl3N10O4S2. The normalized spacial score (nSPS) is 18.2. The molecule has 14 nitrogen and oxygen atoms in total. The lowest BCUT2D eigenvalue weighted by Crippen LogP contribution is -2.43. The quantitative estimate of drug-likeness (QED) is 0.153. The monoisotopic (exact) mass is 838 g/mol. The molecule has 0 aromatic heterocycles. The molecule has 0 radical (unpaired) electrons. The molecule has 0 bridgehead atoms. The molecule has 292 valence electrons. The first kappa shape index (κ1) is 44.5. The molecule has 2 saturated carbocycles. The Morgan fingerprint density at radius 2 is 1.26 bits per heavy atom. The lowest BCUT2D eigenvalue weighted by molar-refractivity contribution is 0.342. The van der Waals surface area contributed by atoms with Crippen molar-refractivity contribution in [1.82, 2.24) is 14.7 Å². The van der Waals surface area contributed by atoms with Gasteiger partial charge < -0.3 is 5.73 Å². The molecule has 0 amide bonds. The van der Waals surface area contributed by atoms with Gasteiger partial charge in [0, 0.05) is 47.0 Å². The molecule has 2 heterocycles. The summed E-state index contributed by atoms with van der Waals surface area (Å²) in [6, 6.07) is 15.2. The standard InChI is InChI=1S/C17H21N5O2S.C10H18N4.C7H4ClNO2S.CH2Cl2/c1-2-19-16(22-13-17(12-20-22)8-3-4-9-17)21-25(23,24)15-7-5-6-14(10-15)11-18;1-2-12-9(11)14-8-10(7-13-14)5-3-4-6-10;8-12(10,11)7-3-1-2-6(4-7)5-9;2-1-3/h5-7,10,12H,2-4,8-9,13H2,1H3,(H,19,21);7H,2-6,8H2,1H3,(H2,11,12);1-4H;1H2. The van der Waals surface area contributed by atoms with Gasteiger partial charge in [-0.3, -0.25) is 9.98 Å². The molecule has 4 aliphatic rings. The smallest absolute Gasteiger partial charge is 0.264 e. The van der Waals surface area contributed by atoms with E-state index in [0.717, 1.165) is 25.9 Å². The predicted octanol–water partition coefficient (Wildman–Crippen LogP) is 6.16. The number of nitrogens with two attached hydrogens (primary N) is 1. The van der Waals surface area contributed by atoms with Crippen molar-refractivity contribution in [2.24, 2.45) is 36.8 Å². The maximum Gasteiger partial charge on any atom is 0.264 e. The van der Waals surface area contributed by atoms with Crippen LogP contribution in [0.25, 0.3) is 0 Å². The summed E-state index contributed by atoms with van der Waals surface area (Å²) in [6.45, 7) is 6.57. The Kier molecular flexibility index (Phi) is 17.0. The second-order valence-electron chi connectivity index (χ2n) is 12.8. The van der Waals surface area contributed by atoms with E-state index in [1.165, 1.54) is 74.9 Å². The van der Waals surface area contributed by atoms with Gasteiger partial charge in [-0.25, -0.2) is 31.6 Å². The number of hydrogen-bond donors (Lipinski definition) is 2. The molecule has 3 N–H and O–H groups in total. The minimum Gasteiger partial charge on any atom is -0.368 e. The fraction of sp³-hybridized carbons (Fsp3) is 0.486. The van der Waals surface area contributed by atoms with Crippen molar-refractivity contribution < 1.29 is 16.8 Å². The number of nitrogens with one attached hydrogen (secondary N) is 1. The van der Waals surface area contributed by atoms with Crippen molar-refractivity contribution in [3.8, 4) is 12.1 Å². The number of rotatable bonds is 5. The van der Waals surface area contributed by atoms with E-state index in [1.807, 2.05) is 37.2 Å². The number of benzene rings is 2. The fourth-order valence-corrected chi connectivity index (χ4v) is 8.20. The largest absolute Gasteiger partial charge is 0.368 e. The maximum absolute atomic E-state index is 12.7. The lowest BCUT2D eigenvalue weighted by atomic mass is 9.88. The van der Waals surface area contributed by atoms with Gasteiger partial charge in [-0.15, -0.1) is 23.2 Å². The van der Waals surface area contributed by atoms with Crippen LogP contribution >= 0.6 is 33.9 Å². The first-order chi connectivity index (χ1) is 25.7. The van der Waals surface area contributed by atoms with Gasteiger partial charge in [-0.1, -0.05) is 37.8 Å². The molecule has 0 unspecified atom stereocenters. The average Bonchev–Trinajstić information content (AvgIpc) is 3.99. The van der Waals surface area contributed by atoms with E-state index in [4.69, 9.17) is 50.1 Å². The zero-order valence-electron chi connectivity index (χ0n) is 30.2. The van der Waals surface area contributed by atoms with Crippen molar-refractivity contribution in [2.45, 2.75) is 75.0 Å². The van der Waals surface area contributed by atoms with Crippen LogP contribution < -0.4 is 10.5 Å². The Labute approximate surface area is 332 Å². The summed E-state index contributed by atoms with van der Waals surface area (Å²) >= 11 is 9.53. The van der Waals surface area contributed by atoms with Gasteiger partial charge in [0.05, 0.1) is 51.5 Å². The Balaban J connectivity index is 0.000000228. The Bertz CT molecular complexity index is 2000. The number of hydrazone groups is 2. The summed E-state index contributed by atoms with van der Waals surface area (Å²) in [6.07, 6.45) is 13.7. The highest BCUT2D eigenvalue weighted by atomic mass is 35.7. The van der Waals surface area contributed by atoms with E-state index < -0.39 is 19.1 Å². The molecular weight excluding hydrogens is 795 g/mol. The number of aliphatic imine (C=N–C) groups is 2. The predicted molar refractivity (Wildman–Crippen MR) is 215 cm³/mol. The van der Waals surface area contributed by atoms with E-state index >= 15 is 0 Å². The molecule has 19 heteroatoms. The van der Waals surface area contributed by atoms with E-state index in [1.54, 1.807) is 17.1 Å². The minimum absolute atomic E-state index is 0.0362. The van der Waals surface area contributed by atoms with Gasteiger partial charge in [0.15, 0.2) is 0 Å². The van der Waals surface area contributed by atoms with Crippen molar-refractivity contribution in [3.63, 3.8) is 0 Å². The van der Waals surface area contributed by atoms with Gasteiger partial charge in [0.25, 0.3) is 19.1 Å². The van der Waals surface area contributed by atoms with Crippen LogP contribution in [0.5, 0.6) is 0 Å². The highest BCUT2D eigenvalue weighted by Crippen LogP contribution is 2.41. The number of sulfonamides is 1. The van der Waals surface area contributed by atoms with Gasteiger partial charge >= 0.3 is 0 Å². The second-order valence-corrected chi connectivity index (χ2v) is 17.9. The summed E-state index contributed by atoms with van der Waals surface area (Å²) in [5, 5.41) is 29.8. The molecule has 2 aliphatic carbocycles. The second kappa shape index (κ2) is 20.7. The first-order valence-corrected chi connectivity index (χ1v) is 22.1. The third kappa shape index (κ3) is 12.8. The van der Waals surface area contributed by atoms with Gasteiger partial charge in [-0.05, 0) is 75.9 Å². The van der Waals surface area contributed by atoms with Crippen LogP contribution in [0, 0.1) is 33.5 Å². The number of alkyl halides is 2. The molecule has 0 atom stereocenters. The molecule has 2 spiro atoms. The zero-order chi connectivity index (χ0) is 39.8. The van der Waals surface area contributed by atoms with Gasteiger partial charge in [0.1, 0.15) is 0 Å². The fourth-order valence-electron chi connectivity index (χ4n) is 6.34. The third-order valence-electron chi connectivity index (χ3n) is 8.95.